The van der Waals surface area contributed by atoms with E-state index in [1.54, 1.807) is 12.1 Å². The third kappa shape index (κ3) is 1.87. The van der Waals surface area contributed by atoms with Gasteiger partial charge in [0.15, 0.2) is 0 Å². The first kappa shape index (κ1) is 9.42. The molecule has 0 amide bonds. The lowest BCUT2D eigenvalue weighted by atomic mass is 10.0. The molecule has 0 aliphatic rings. The molecule has 0 bridgehead atoms. The van der Waals surface area contributed by atoms with E-state index in [4.69, 9.17) is 5.26 Å². The molecule has 2 rings (SSSR count). The quantitative estimate of drug-likeness (QED) is 0.687. The third-order valence-electron chi connectivity index (χ3n) is 2.11. The Balaban J connectivity index is 2.52. The van der Waals surface area contributed by atoms with Gasteiger partial charge in [-0.3, -0.25) is 0 Å². The molecular formula is C13H7FN. The molecule has 1 radical (unpaired) electrons. The fourth-order valence-corrected chi connectivity index (χ4v) is 1.35. The summed E-state index contributed by atoms with van der Waals surface area (Å²) in [6, 6.07) is 16.7. The molecule has 0 saturated carbocycles. The molecule has 2 aromatic rings. The highest BCUT2D eigenvalue weighted by molar-refractivity contribution is 5.64. The van der Waals surface area contributed by atoms with Gasteiger partial charge in [0.1, 0.15) is 11.9 Å². The minimum absolute atomic E-state index is 0.0600. The van der Waals surface area contributed by atoms with Gasteiger partial charge in [0.2, 0.25) is 0 Å². The Morgan fingerprint density at radius 3 is 2.73 bits per heavy atom. The lowest BCUT2D eigenvalue weighted by Gasteiger charge is -2.01. The Bertz CT molecular complexity index is 512. The Morgan fingerprint density at radius 2 is 2.07 bits per heavy atom. The van der Waals surface area contributed by atoms with Gasteiger partial charge >= 0.3 is 0 Å². The van der Waals surface area contributed by atoms with E-state index in [2.05, 4.69) is 6.07 Å². The minimum atomic E-state index is -0.489. The highest BCUT2D eigenvalue weighted by Crippen LogP contribution is 2.20. The third-order valence-corrected chi connectivity index (χ3v) is 2.11. The first-order chi connectivity index (χ1) is 7.31. The minimum Gasteiger partial charge on any atom is -0.206 e. The van der Waals surface area contributed by atoms with Gasteiger partial charge in [-0.25, -0.2) is 4.39 Å². The molecular weight excluding hydrogens is 189 g/mol. The number of halogens is 1. The summed E-state index contributed by atoms with van der Waals surface area (Å²) in [5.74, 6) is -0.489. The molecule has 0 aromatic heterocycles. The van der Waals surface area contributed by atoms with Crippen molar-refractivity contribution in [3.05, 3.63) is 59.9 Å². The van der Waals surface area contributed by atoms with Gasteiger partial charge in [-0.2, -0.15) is 5.26 Å². The van der Waals surface area contributed by atoms with E-state index < -0.39 is 5.82 Å². The van der Waals surface area contributed by atoms with Gasteiger partial charge in [0.05, 0.1) is 5.56 Å². The molecule has 0 fully saturated rings. The molecule has 0 spiro atoms. The number of hydrogen-bond acceptors (Lipinski definition) is 1. The van der Waals surface area contributed by atoms with Crippen molar-refractivity contribution in [3.63, 3.8) is 0 Å². The lowest BCUT2D eigenvalue weighted by Crippen LogP contribution is -1.85. The standard InChI is InChI=1S/C13H7FN/c14-13-7-6-11(8-12(13)9-15)10-4-2-1-3-5-10/h1-4,6-8H. The van der Waals surface area contributed by atoms with Gasteiger partial charge in [-0.15, -0.1) is 0 Å². The fourth-order valence-electron chi connectivity index (χ4n) is 1.35. The molecule has 15 heavy (non-hydrogen) atoms. The maximum atomic E-state index is 13.1. The highest BCUT2D eigenvalue weighted by atomic mass is 19.1. The zero-order valence-corrected chi connectivity index (χ0v) is 7.87. The van der Waals surface area contributed by atoms with Crippen molar-refractivity contribution in [3.8, 4) is 17.2 Å². The summed E-state index contributed by atoms with van der Waals surface area (Å²) in [7, 11) is 0. The van der Waals surface area contributed by atoms with Crippen molar-refractivity contribution in [2.45, 2.75) is 0 Å². The van der Waals surface area contributed by atoms with Crippen LogP contribution < -0.4 is 0 Å². The highest BCUT2D eigenvalue weighted by Gasteiger charge is 2.03. The summed E-state index contributed by atoms with van der Waals surface area (Å²) >= 11 is 0. The second-order valence-corrected chi connectivity index (χ2v) is 3.08. The largest absolute Gasteiger partial charge is 0.206 e. The van der Waals surface area contributed by atoms with E-state index in [0.717, 1.165) is 11.1 Å². The van der Waals surface area contributed by atoms with Crippen LogP contribution in [-0.4, -0.2) is 0 Å². The molecule has 2 aromatic carbocycles. The summed E-state index contributed by atoms with van der Waals surface area (Å²) in [5.41, 5.74) is 1.72. The molecule has 0 saturated heterocycles. The summed E-state index contributed by atoms with van der Waals surface area (Å²) in [5, 5.41) is 8.69. The summed E-state index contributed by atoms with van der Waals surface area (Å²) in [6.45, 7) is 0. The monoisotopic (exact) mass is 196 g/mol. The Labute approximate surface area is 87.4 Å². The van der Waals surface area contributed by atoms with Crippen LogP contribution in [0.3, 0.4) is 0 Å². The predicted molar refractivity (Wildman–Crippen MR) is 55.4 cm³/mol. The van der Waals surface area contributed by atoms with Gasteiger partial charge in [0.25, 0.3) is 0 Å². The molecule has 71 valence electrons. The van der Waals surface area contributed by atoms with Crippen LogP contribution in [0.2, 0.25) is 0 Å². The van der Waals surface area contributed by atoms with Crippen molar-refractivity contribution in [2.75, 3.05) is 0 Å². The first-order valence-electron chi connectivity index (χ1n) is 4.48. The summed E-state index contributed by atoms with van der Waals surface area (Å²) in [6.07, 6.45) is 0. The van der Waals surface area contributed by atoms with Crippen LogP contribution in [0.4, 0.5) is 4.39 Å². The number of hydrogen-bond donors (Lipinski definition) is 0. The van der Waals surface area contributed by atoms with E-state index in [0.29, 0.717) is 0 Å². The number of rotatable bonds is 1. The molecule has 0 unspecified atom stereocenters. The van der Waals surface area contributed by atoms with Crippen molar-refractivity contribution in [2.24, 2.45) is 0 Å². The van der Waals surface area contributed by atoms with Crippen LogP contribution >= 0.6 is 0 Å². The normalized spacial score (nSPS) is 9.60. The Morgan fingerprint density at radius 1 is 1.20 bits per heavy atom. The Hall–Kier alpha value is -2.14. The number of nitriles is 1. The van der Waals surface area contributed by atoms with Crippen molar-refractivity contribution >= 4 is 0 Å². The molecule has 0 N–H and O–H groups in total. The molecule has 2 heteroatoms. The fraction of sp³-hybridized carbons (Fsp3) is 0. The van der Waals surface area contributed by atoms with Crippen LogP contribution in [0.15, 0.2) is 42.5 Å². The summed E-state index contributed by atoms with van der Waals surface area (Å²) in [4.78, 5) is 0. The van der Waals surface area contributed by atoms with Crippen molar-refractivity contribution in [1.82, 2.24) is 0 Å². The van der Waals surface area contributed by atoms with Gasteiger partial charge in [-0.05, 0) is 29.3 Å². The average Bonchev–Trinajstić information content (AvgIpc) is 2.31. The van der Waals surface area contributed by atoms with E-state index in [1.165, 1.54) is 12.1 Å². The van der Waals surface area contributed by atoms with Crippen LogP contribution in [0, 0.1) is 23.2 Å². The second kappa shape index (κ2) is 3.93. The zero-order valence-electron chi connectivity index (χ0n) is 7.87. The van der Waals surface area contributed by atoms with Crippen LogP contribution in [-0.2, 0) is 0 Å². The van der Waals surface area contributed by atoms with E-state index >= 15 is 0 Å². The van der Waals surface area contributed by atoms with Crippen molar-refractivity contribution < 1.29 is 4.39 Å². The molecule has 0 aliphatic carbocycles. The first-order valence-corrected chi connectivity index (χ1v) is 4.48. The Kier molecular flexibility index (Phi) is 2.47. The lowest BCUT2D eigenvalue weighted by molar-refractivity contribution is 0.624. The molecule has 0 aliphatic heterocycles. The van der Waals surface area contributed by atoms with Gasteiger partial charge in [0, 0.05) is 0 Å². The average molecular weight is 196 g/mol. The summed E-state index contributed by atoms with van der Waals surface area (Å²) < 4.78 is 13.1. The SMILES string of the molecule is N#Cc1cc(-c2[c]cccc2)ccc1F. The second-order valence-electron chi connectivity index (χ2n) is 3.08. The maximum Gasteiger partial charge on any atom is 0.140 e. The smallest absolute Gasteiger partial charge is 0.140 e. The zero-order chi connectivity index (χ0) is 10.7. The van der Waals surface area contributed by atoms with Crippen LogP contribution in [0.1, 0.15) is 5.56 Å². The predicted octanol–water partition coefficient (Wildman–Crippen LogP) is 3.16. The number of benzene rings is 2. The maximum absolute atomic E-state index is 13.1. The molecule has 0 atom stereocenters. The van der Waals surface area contributed by atoms with Crippen LogP contribution in [0.25, 0.3) is 11.1 Å². The van der Waals surface area contributed by atoms with E-state index in [-0.39, 0.29) is 5.56 Å². The van der Waals surface area contributed by atoms with Crippen molar-refractivity contribution in [1.29, 1.82) is 5.26 Å². The van der Waals surface area contributed by atoms with Gasteiger partial charge < -0.3 is 0 Å². The number of nitrogens with zero attached hydrogens (tertiary/aromatic N) is 1. The van der Waals surface area contributed by atoms with Crippen LogP contribution in [0.5, 0.6) is 0 Å². The van der Waals surface area contributed by atoms with E-state index in [1.807, 2.05) is 24.3 Å². The van der Waals surface area contributed by atoms with E-state index in [9.17, 15) is 4.39 Å². The molecule has 0 heterocycles. The van der Waals surface area contributed by atoms with Gasteiger partial charge in [-0.1, -0.05) is 30.3 Å². The topological polar surface area (TPSA) is 23.8 Å². The molecule has 1 nitrogen and oxygen atoms in total.